The third-order valence-electron chi connectivity index (χ3n) is 4.87. The van der Waals surface area contributed by atoms with E-state index in [1.807, 2.05) is 41.8 Å². The molecule has 3 rings (SSSR count). The van der Waals surface area contributed by atoms with Crippen LogP contribution in [0.2, 0.25) is 0 Å². The first-order chi connectivity index (χ1) is 13.2. The number of anilines is 2. The Balaban J connectivity index is 1.71. The zero-order valence-electron chi connectivity index (χ0n) is 16.9. The van der Waals surface area contributed by atoms with E-state index in [0.717, 1.165) is 11.4 Å². The van der Waals surface area contributed by atoms with Crippen molar-refractivity contribution in [3.05, 3.63) is 58.2 Å². The van der Waals surface area contributed by atoms with Gasteiger partial charge in [-0.15, -0.1) is 0 Å². The molecule has 2 N–H and O–H groups in total. The maximum atomic E-state index is 12.6. The summed E-state index contributed by atoms with van der Waals surface area (Å²) < 4.78 is 3.37. The smallest absolute Gasteiger partial charge is 0.259 e. The molecule has 0 fully saturated rings. The average Bonchev–Trinajstić information content (AvgIpc) is 3.03. The highest BCUT2D eigenvalue weighted by Crippen LogP contribution is 2.19. The Bertz CT molecular complexity index is 974. The second-order valence-corrected chi connectivity index (χ2v) is 6.82. The number of hydrogen-bond acceptors (Lipinski definition) is 4. The molecule has 2 aromatic heterocycles. The number of amides is 2. The minimum absolute atomic E-state index is 0.207. The molecule has 0 aliphatic rings. The standard InChI is InChI=1S/C20H24N6O2/c1-11-17(13(3)25(5)23-11)19(27)21-15-7-9-16(10-8-15)22-20(28)18-12(2)24-26(6)14(18)4/h7-10H,1-6H3,(H,21,27)(H,22,28). The summed E-state index contributed by atoms with van der Waals surface area (Å²) in [7, 11) is 3.62. The molecule has 0 aliphatic heterocycles. The highest BCUT2D eigenvalue weighted by molar-refractivity contribution is 6.07. The van der Waals surface area contributed by atoms with Crippen LogP contribution in [0.1, 0.15) is 43.5 Å². The molecule has 0 unspecified atom stereocenters. The van der Waals surface area contributed by atoms with Crippen LogP contribution in [0.15, 0.2) is 24.3 Å². The van der Waals surface area contributed by atoms with E-state index in [4.69, 9.17) is 0 Å². The van der Waals surface area contributed by atoms with Crippen LogP contribution in [0.5, 0.6) is 0 Å². The second-order valence-electron chi connectivity index (χ2n) is 6.82. The van der Waals surface area contributed by atoms with Gasteiger partial charge in [0.05, 0.1) is 22.5 Å². The van der Waals surface area contributed by atoms with E-state index in [0.29, 0.717) is 33.9 Å². The highest BCUT2D eigenvalue weighted by Gasteiger charge is 2.19. The van der Waals surface area contributed by atoms with Crippen LogP contribution >= 0.6 is 0 Å². The lowest BCUT2D eigenvalue weighted by atomic mass is 10.1. The number of carbonyl (C=O) groups excluding carboxylic acids is 2. The molecular formula is C20H24N6O2. The molecular weight excluding hydrogens is 356 g/mol. The molecule has 1 aromatic carbocycles. The summed E-state index contributed by atoms with van der Waals surface area (Å²) in [4.78, 5) is 25.1. The van der Waals surface area contributed by atoms with E-state index in [2.05, 4.69) is 20.8 Å². The Hall–Kier alpha value is -3.42. The Morgan fingerprint density at radius 3 is 1.29 bits per heavy atom. The first-order valence-electron chi connectivity index (χ1n) is 8.92. The van der Waals surface area contributed by atoms with Gasteiger partial charge in [-0.05, 0) is 52.0 Å². The fraction of sp³-hybridized carbons (Fsp3) is 0.300. The molecule has 0 aliphatic carbocycles. The first kappa shape index (κ1) is 19.3. The molecule has 146 valence electrons. The fourth-order valence-electron chi connectivity index (χ4n) is 3.23. The Labute approximate surface area is 163 Å². The van der Waals surface area contributed by atoms with E-state index in [1.165, 1.54) is 0 Å². The second kappa shape index (κ2) is 7.30. The van der Waals surface area contributed by atoms with Crippen molar-refractivity contribution in [2.45, 2.75) is 27.7 Å². The van der Waals surface area contributed by atoms with Gasteiger partial charge >= 0.3 is 0 Å². The molecule has 2 amide bonds. The summed E-state index contributed by atoms with van der Waals surface area (Å²) in [5.74, 6) is -0.414. The summed E-state index contributed by atoms with van der Waals surface area (Å²) in [6.45, 7) is 7.33. The van der Waals surface area contributed by atoms with Gasteiger partial charge in [0.1, 0.15) is 0 Å². The lowest BCUT2D eigenvalue weighted by Crippen LogP contribution is -2.15. The number of hydrogen-bond donors (Lipinski definition) is 2. The summed E-state index contributed by atoms with van der Waals surface area (Å²) in [6, 6.07) is 6.99. The predicted molar refractivity (Wildman–Crippen MR) is 108 cm³/mol. The van der Waals surface area contributed by atoms with Crippen molar-refractivity contribution < 1.29 is 9.59 Å². The van der Waals surface area contributed by atoms with Gasteiger partial charge in [0.15, 0.2) is 0 Å². The largest absolute Gasteiger partial charge is 0.322 e. The van der Waals surface area contributed by atoms with Crippen molar-refractivity contribution in [2.75, 3.05) is 10.6 Å². The summed E-state index contributed by atoms with van der Waals surface area (Å²) in [5.41, 5.74) is 5.40. The van der Waals surface area contributed by atoms with E-state index < -0.39 is 0 Å². The van der Waals surface area contributed by atoms with Crippen molar-refractivity contribution in [1.29, 1.82) is 0 Å². The third-order valence-corrected chi connectivity index (χ3v) is 4.87. The van der Waals surface area contributed by atoms with Crippen LogP contribution < -0.4 is 10.6 Å². The van der Waals surface area contributed by atoms with Crippen LogP contribution in [0.25, 0.3) is 0 Å². The number of aryl methyl sites for hydroxylation is 4. The SMILES string of the molecule is Cc1nn(C)c(C)c1C(=O)Nc1ccc(NC(=O)c2c(C)nn(C)c2C)cc1. The lowest BCUT2D eigenvalue weighted by Gasteiger charge is -2.09. The molecule has 0 atom stereocenters. The fourth-order valence-corrected chi connectivity index (χ4v) is 3.23. The van der Waals surface area contributed by atoms with Crippen LogP contribution in [-0.2, 0) is 14.1 Å². The number of rotatable bonds is 4. The number of nitrogens with one attached hydrogen (secondary N) is 2. The first-order valence-corrected chi connectivity index (χ1v) is 8.92. The van der Waals surface area contributed by atoms with Crippen molar-refractivity contribution >= 4 is 23.2 Å². The highest BCUT2D eigenvalue weighted by atomic mass is 16.2. The van der Waals surface area contributed by atoms with Crippen molar-refractivity contribution in [2.24, 2.45) is 14.1 Å². The normalized spacial score (nSPS) is 10.8. The monoisotopic (exact) mass is 380 g/mol. The maximum Gasteiger partial charge on any atom is 0.259 e. The molecule has 0 saturated carbocycles. The van der Waals surface area contributed by atoms with Gasteiger partial charge in [-0.2, -0.15) is 10.2 Å². The lowest BCUT2D eigenvalue weighted by molar-refractivity contribution is 0.101. The Kier molecular flexibility index (Phi) is 5.04. The van der Waals surface area contributed by atoms with Crippen LogP contribution in [0.3, 0.4) is 0 Å². The predicted octanol–water partition coefficient (Wildman–Crippen LogP) is 2.89. The molecule has 28 heavy (non-hydrogen) atoms. The molecule has 0 saturated heterocycles. The zero-order valence-corrected chi connectivity index (χ0v) is 16.9. The van der Waals surface area contributed by atoms with E-state index >= 15 is 0 Å². The van der Waals surface area contributed by atoms with Gasteiger partial charge in [0, 0.05) is 36.9 Å². The Morgan fingerprint density at radius 2 is 1.04 bits per heavy atom. The third kappa shape index (κ3) is 3.53. The molecule has 8 heteroatoms. The molecule has 0 bridgehead atoms. The maximum absolute atomic E-state index is 12.6. The topological polar surface area (TPSA) is 93.8 Å². The van der Waals surface area contributed by atoms with Crippen molar-refractivity contribution in [3.8, 4) is 0 Å². The Morgan fingerprint density at radius 1 is 0.714 bits per heavy atom. The van der Waals surface area contributed by atoms with E-state index in [1.54, 1.807) is 33.6 Å². The summed E-state index contributed by atoms with van der Waals surface area (Å²) in [5, 5.41) is 14.3. The molecule has 0 spiro atoms. The molecule has 2 heterocycles. The average molecular weight is 380 g/mol. The number of benzene rings is 1. The minimum Gasteiger partial charge on any atom is -0.322 e. The number of carbonyl (C=O) groups is 2. The summed E-state index contributed by atoms with van der Waals surface area (Å²) >= 11 is 0. The number of aromatic nitrogens is 4. The number of nitrogens with zero attached hydrogens (tertiary/aromatic N) is 4. The summed E-state index contributed by atoms with van der Waals surface area (Å²) in [6.07, 6.45) is 0. The van der Waals surface area contributed by atoms with Gasteiger partial charge < -0.3 is 10.6 Å². The van der Waals surface area contributed by atoms with Gasteiger partial charge in [-0.1, -0.05) is 0 Å². The molecule has 0 radical (unpaired) electrons. The van der Waals surface area contributed by atoms with Gasteiger partial charge in [0.2, 0.25) is 0 Å². The van der Waals surface area contributed by atoms with E-state index in [-0.39, 0.29) is 11.8 Å². The zero-order chi connectivity index (χ0) is 20.6. The quantitative estimate of drug-likeness (QED) is 0.728. The van der Waals surface area contributed by atoms with Crippen LogP contribution in [-0.4, -0.2) is 31.4 Å². The molecule has 3 aromatic rings. The van der Waals surface area contributed by atoms with Crippen LogP contribution in [0, 0.1) is 27.7 Å². The van der Waals surface area contributed by atoms with Crippen LogP contribution in [0.4, 0.5) is 11.4 Å². The van der Waals surface area contributed by atoms with Crippen molar-refractivity contribution in [3.63, 3.8) is 0 Å². The van der Waals surface area contributed by atoms with Gasteiger partial charge in [-0.25, -0.2) is 0 Å². The van der Waals surface area contributed by atoms with Crippen molar-refractivity contribution in [1.82, 2.24) is 19.6 Å². The minimum atomic E-state index is -0.207. The van der Waals surface area contributed by atoms with Gasteiger partial charge in [-0.3, -0.25) is 19.0 Å². The van der Waals surface area contributed by atoms with Gasteiger partial charge in [0.25, 0.3) is 11.8 Å². The van der Waals surface area contributed by atoms with E-state index in [9.17, 15) is 9.59 Å². The molecule has 8 nitrogen and oxygen atoms in total.